The van der Waals surface area contributed by atoms with E-state index in [2.05, 4.69) is 16.3 Å². The third-order valence-electron chi connectivity index (χ3n) is 1.29. The summed E-state index contributed by atoms with van der Waals surface area (Å²) in [5.41, 5.74) is 0. The van der Waals surface area contributed by atoms with E-state index in [0.29, 0.717) is 11.6 Å². The molecule has 4 heteroatoms. The molecule has 0 fully saturated rings. The fraction of sp³-hybridized carbons (Fsp3) is 0.143. The first-order valence-corrected chi connectivity index (χ1v) is 3.18. The Morgan fingerprint density at radius 1 is 1.64 bits per heavy atom. The molecule has 2 rings (SSSR count). The van der Waals surface area contributed by atoms with Gasteiger partial charge in [0.05, 0.1) is 0 Å². The van der Waals surface area contributed by atoms with Crippen molar-refractivity contribution in [2.75, 3.05) is 0 Å². The molecule has 1 radical (unpaired) electrons. The minimum absolute atomic E-state index is 0.591. The van der Waals surface area contributed by atoms with Crippen molar-refractivity contribution in [1.29, 1.82) is 0 Å². The third kappa shape index (κ3) is 1.02. The summed E-state index contributed by atoms with van der Waals surface area (Å²) in [7, 11) is 1.81. The molecule has 0 unspecified atom stereocenters. The Labute approximate surface area is 63.5 Å². The summed E-state index contributed by atoms with van der Waals surface area (Å²) in [5, 5.41) is 4.04. The minimum Gasteiger partial charge on any atom is -0.449 e. The summed E-state index contributed by atoms with van der Waals surface area (Å²) in [6.07, 6.45) is 4.20. The largest absolute Gasteiger partial charge is 0.449 e. The second kappa shape index (κ2) is 2.23. The molecule has 0 aliphatic rings. The molecule has 2 aromatic heterocycles. The van der Waals surface area contributed by atoms with Crippen LogP contribution < -0.4 is 0 Å². The van der Waals surface area contributed by atoms with Gasteiger partial charge in [0.2, 0.25) is 5.82 Å². The van der Waals surface area contributed by atoms with Gasteiger partial charge < -0.3 is 4.42 Å². The first-order valence-electron chi connectivity index (χ1n) is 3.18. The van der Waals surface area contributed by atoms with Crippen LogP contribution in [0.1, 0.15) is 0 Å². The molecule has 0 amide bonds. The molecule has 11 heavy (non-hydrogen) atoms. The third-order valence-corrected chi connectivity index (χ3v) is 1.29. The predicted octanol–water partition coefficient (Wildman–Crippen LogP) is 0.875. The Balaban J connectivity index is 2.45. The Kier molecular flexibility index (Phi) is 1.25. The van der Waals surface area contributed by atoms with Gasteiger partial charge in [0.25, 0.3) is 0 Å². The van der Waals surface area contributed by atoms with E-state index in [1.807, 2.05) is 7.05 Å². The zero-order chi connectivity index (χ0) is 7.68. The van der Waals surface area contributed by atoms with Crippen molar-refractivity contribution in [2.45, 2.75) is 0 Å². The summed E-state index contributed by atoms with van der Waals surface area (Å²) in [5.74, 6) is 1.24. The second-order valence-electron chi connectivity index (χ2n) is 2.16. The number of furan rings is 1. The van der Waals surface area contributed by atoms with Crippen molar-refractivity contribution in [3.8, 4) is 11.6 Å². The Hall–Kier alpha value is -1.58. The Bertz CT molecular complexity index is 336. The second-order valence-corrected chi connectivity index (χ2v) is 2.16. The first kappa shape index (κ1) is 6.15. The molecule has 0 aromatic carbocycles. The molecule has 0 atom stereocenters. The molecule has 0 bridgehead atoms. The molecule has 2 aromatic rings. The van der Waals surface area contributed by atoms with Gasteiger partial charge in [-0.3, -0.25) is 4.68 Å². The minimum atomic E-state index is 0.591. The predicted molar refractivity (Wildman–Crippen MR) is 37.5 cm³/mol. The van der Waals surface area contributed by atoms with Crippen LogP contribution in [0.3, 0.4) is 0 Å². The van der Waals surface area contributed by atoms with Crippen molar-refractivity contribution >= 4 is 0 Å². The van der Waals surface area contributed by atoms with Gasteiger partial charge in [0.15, 0.2) is 12.0 Å². The van der Waals surface area contributed by atoms with Gasteiger partial charge in [0, 0.05) is 7.05 Å². The van der Waals surface area contributed by atoms with Crippen LogP contribution >= 0.6 is 0 Å². The summed E-state index contributed by atoms with van der Waals surface area (Å²) in [4.78, 5) is 4.00. The molecule has 4 nitrogen and oxygen atoms in total. The Morgan fingerprint density at radius 2 is 2.55 bits per heavy atom. The maximum Gasteiger partial charge on any atom is 0.216 e. The van der Waals surface area contributed by atoms with Crippen molar-refractivity contribution < 1.29 is 4.42 Å². The summed E-state index contributed by atoms with van der Waals surface area (Å²) in [6.45, 7) is 0. The van der Waals surface area contributed by atoms with E-state index in [1.54, 1.807) is 23.1 Å². The SMILES string of the molecule is Cn1cnc(-c2cc[c]o2)n1. The maximum atomic E-state index is 4.97. The average molecular weight is 148 g/mol. The highest BCUT2D eigenvalue weighted by molar-refractivity contribution is 5.44. The molecule has 0 spiro atoms. The van der Waals surface area contributed by atoms with Crippen LogP contribution in [0.5, 0.6) is 0 Å². The van der Waals surface area contributed by atoms with Gasteiger partial charge in [-0.05, 0) is 12.1 Å². The normalized spacial score (nSPS) is 10.3. The number of hydrogen-bond donors (Lipinski definition) is 0. The van der Waals surface area contributed by atoms with Gasteiger partial charge in [-0.2, -0.15) is 0 Å². The number of hydrogen-bond acceptors (Lipinski definition) is 3. The molecule has 0 N–H and O–H groups in total. The van der Waals surface area contributed by atoms with Crippen LogP contribution in [-0.4, -0.2) is 14.8 Å². The lowest BCUT2D eigenvalue weighted by Gasteiger charge is -1.84. The van der Waals surface area contributed by atoms with Gasteiger partial charge >= 0.3 is 0 Å². The molecule has 0 saturated carbocycles. The summed E-state index contributed by atoms with van der Waals surface area (Å²) >= 11 is 0. The number of aromatic nitrogens is 3. The highest BCUT2D eigenvalue weighted by Crippen LogP contribution is 2.12. The average Bonchev–Trinajstić information content (AvgIpc) is 2.55. The molecule has 0 saturated heterocycles. The van der Waals surface area contributed by atoms with Crippen LogP contribution in [-0.2, 0) is 7.05 Å². The van der Waals surface area contributed by atoms with Crippen LogP contribution in [0.2, 0.25) is 0 Å². The van der Waals surface area contributed by atoms with E-state index in [4.69, 9.17) is 4.42 Å². The van der Waals surface area contributed by atoms with Crippen LogP contribution in [0, 0.1) is 6.26 Å². The number of nitrogens with zero attached hydrogens (tertiary/aromatic N) is 3. The quantitative estimate of drug-likeness (QED) is 0.602. The molecular formula is C7H6N3O. The number of rotatable bonds is 1. The lowest BCUT2D eigenvalue weighted by atomic mass is 10.4. The van der Waals surface area contributed by atoms with E-state index in [0.717, 1.165) is 0 Å². The molecule has 2 heterocycles. The van der Waals surface area contributed by atoms with E-state index in [1.165, 1.54) is 0 Å². The standard InChI is InChI=1S/C7H6N3O/c1-10-5-8-7(9-10)6-3-2-4-11-6/h2-3,5H,1H3. The lowest BCUT2D eigenvalue weighted by molar-refractivity contribution is 0.567. The van der Waals surface area contributed by atoms with Crippen molar-refractivity contribution in [3.05, 3.63) is 24.7 Å². The van der Waals surface area contributed by atoms with E-state index in [9.17, 15) is 0 Å². The van der Waals surface area contributed by atoms with Crippen LogP contribution in [0.25, 0.3) is 11.6 Å². The van der Waals surface area contributed by atoms with E-state index in [-0.39, 0.29) is 0 Å². The van der Waals surface area contributed by atoms with Gasteiger partial charge in [0.1, 0.15) is 6.33 Å². The highest BCUT2D eigenvalue weighted by atomic mass is 16.3. The fourth-order valence-electron chi connectivity index (χ4n) is 0.814. The summed E-state index contributed by atoms with van der Waals surface area (Å²) in [6, 6.07) is 3.46. The van der Waals surface area contributed by atoms with Crippen molar-refractivity contribution in [2.24, 2.45) is 7.05 Å². The van der Waals surface area contributed by atoms with Crippen LogP contribution in [0.4, 0.5) is 0 Å². The van der Waals surface area contributed by atoms with E-state index < -0.39 is 0 Å². The van der Waals surface area contributed by atoms with Gasteiger partial charge in [-0.25, -0.2) is 4.98 Å². The smallest absolute Gasteiger partial charge is 0.216 e. The van der Waals surface area contributed by atoms with Crippen LogP contribution in [0.15, 0.2) is 22.9 Å². The first-order chi connectivity index (χ1) is 5.36. The molecular weight excluding hydrogens is 142 g/mol. The van der Waals surface area contributed by atoms with Crippen molar-refractivity contribution in [1.82, 2.24) is 14.8 Å². The monoisotopic (exact) mass is 148 g/mol. The molecule has 55 valence electrons. The fourth-order valence-corrected chi connectivity index (χ4v) is 0.814. The van der Waals surface area contributed by atoms with E-state index >= 15 is 0 Å². The lowest BCUT2D eigenvalue weighted by Crippen LogP contribution is -1.86. The molecule has 0 aliphatic heterocycles. The highest BCUT2D eigenvalue weighted by Gasteiger charge is 2.03. The van der Waals surface area contributed by atoms with Gasteiger partial charge in [-0.1, -0.05) is 0 Å². The molecule has 0 aliphatic carbocycles. The topological polar surface area (TPSA) is 43.9 Å². The zero-order valence-corrected chi connectivity index (χ0v) is 5.98. The number of aryl methyl sites for hydroxylation is 1. The van der Waals surface area contributed by atoms with Gasteiger partial charge in [-0.15, -0.1) is 5.10 Å². The van der Waals surface area contributed by atoms with Crippen molar-refractivity contribution in [3.63, 3.8) is 0 Å². The Morgan fingerprint density at radius 3 is 3.09 bits per heavy atom. The zero-order valence-electron chi connectivity index (χ0n) is 5.98. The summed E-state index contributed by atoms with van der Waals surface area (Å²) < 4.78 is 6.59. The maximum absolute atomic E-state index is 4.97.